The van der Waals surface area contributed by atoms with Crippen molar-refractivity contribution in [3.63, 3.8) is 0 Å². The third kappa shape index (κ3) is 4.31. The fourth-order valence-electron chi connectivity index (χ4n) is 5.35. The molecule has 194 valence electrons. The molecule has 2 amide bonds. The highest BCUT2D eigenvalue weighted by Gasteiger charge is 2.28. The van der Waals surface area contributed by atoms with E-state index in [0.29, 0.717) is 25.5 Å². The van der Waals surface area contributed by atoms with Gasteiger partial charge >= 0.3 is 6.03 Å². The second-order valence-corrected chi connectivity index (χ2v) is 10.1. The predicted molar refractivity (Wildman–Crippen MR) is 144 cm³/mol. The zero-order chi connectivity index (χ0) is 26.4. The largest absolute Gasteiger partial charge is 0.382 e. The normalized spacial score (nSPS) is 14.4. The second kappa shape index (κ2) is 9.44. The number of nitrogens with two attached hydrogens (primary N) is 1. The molecule has 2 N–H and O–H groups in total. The van der Waals surface area contributed by atoms with Gasteiger partial charge in [-0.25, -0.2) is 18.7 Å². The van der Waals surface area contributed by atoms with Crippen molar-refractivity contribution in [3.05, 3.63) is 78.1 Å². The van der Waals surface area contributed by atoms with E-state index in [1.165, 1.54) is 18.5 Å². The topological polar surface area (TPSA) is 97.6 Å². The molecule has 1 saturated heterocycles. The summed E-state index contributed by atoms with van der Waals surface area (Å²) in [6.07, 6.45) is 5.18. The fraction of sp³-hybridized carbons (Fsp3) is 0.286. The summed E-state index contributed by atoms with van der Waals surface area (Å²) in [5, 5.41) is 10.3. The van der Waals surface area contributed by atoms with E-state index in [2.05, 4.69) is 28.3 Å². The van der Waals surface area contributed by atoms with Crippen molar-refractivity contribution < 1.29 is 9.18 Å². The van der Waals surface area contributed by atoms with Crippen molar-refractivity contribution in [1.82, 2.24) is 34.2 Å². The van der Waals surface area contributed by atoms with Crippen LogP contribution in [0.1, 0.15) is 30.0 Å². The van der Waals surface area contributed by atoms with Crippen molar-refractivity contribution in [3.8, 4) is 11.1 Å². The van der Waals surface area contributed by atoms with Crippen molar-refractivity contribution in [2.45, 2.75) is 25.3 Å². The highest BCUT2D eigenvalue weighted by molar-refractivity contribution is 5.92. The first-order valence-corrected chi connectivity index (χ1v) is 12.7. The SMILES string of the molecule is CN(C)C(=O)N1CCC(c2cc(-c3ccc4cn(Cc5ccc(F)cc5)nc4c3)c3c(N)ncnn23)CC1. The van der Waals surface area contributed by atoms with E-state index in [1.807, 2.05) is 26.4 Å². The molecule has 6 rings (SSSR count). The Hall–Kier alpha value is -4.47. The Morgan fingerprint density at radius 2 is 1.87 bits per heavy atom. The van der Waals surface area contributed by atoms with Crippen LogP contribution in [-0.4, -0.2) is 67.4 Å². The quantitative estimate of drug-likeness (QED) is 0.386. The minimum Gasteiger partial charge on any atom is -0.382 e. The van der Waals surface area contributed by atoms with Crippen LogP contribution in [0.15, 0.2) is 61.1 Å². The molecular weight excluding hydrogens is 483 g/mol. The van der Waals surface area contributed by atoms with Crippen molar-refractivity contribution in [2.75, 3.05) is 32.9 Å². The number of urea groups is 1. The Labute approximate surface area is 219 Å². The first-order chi connectivity index (χ1) is 18.4. The van der Waals surface area contributed by atoms with Crippen LogP contribution in [0.5, 0.6) is 0 Å². The van der Waals surface area contributed by atoms with Gasteiger partial charge in [0.1, 0.15) is 17.7 Å². The third-order valence-corrected chi connectivity index (χ3v) is 7.30. The zero-order valence-electron chi connectivity index (χ0n) is 21.4. The molecule has 10 heteroatoms. The maximum Gasteiger partial charge on any atom is 0.319 e. The minimum atomic E-state index is -0.251. The Kier molecular flexibility index (Phi) is 5.94. The molecule has 3 aromatic heterocycles. The van der Waals surface area contributed by atoms with Gasteiger partial charge in [0.05, 0.1) is 12.1 Å². The van der Waals surface area contributed by atoms with Crippen LogP contribution in [0.2, 0.25) is 0 Å². The first kappa shape index (κ1) is 23.9. The number of aromatic nitrogens is 5. The standard InChI is InChI=1S/C28H29FN8O/c1-34(2)28(38)35-11-9-19(10-12-35)25-14-23(26-27(30)31-17-32-37(25)26)20-5-6-21-16-36(33-24(21)13-20)15-18-3-7-22(29)8-4-18/h3-8,13-14,16-17,19H,9-12,15H2,1-2H3,(H2,30,31,32). The number of carbonyl (C=O) groups excluding carboxylic acids is 1. The van der Waals surface area contributed by atoms with Crippen LogP contribution in [0, 0.1) is 5.82 Å². The van der Waals surface area contributed by atoms with Crippen molar-refractivity contribution >= 4 is 28.3 Å². The van der Waals surface area contributed by atoms with Gasteiger partial charge in [0, 0.05) is 55.9 Å². The monoisotopic (exact) mass is 512 g/mol. The maximum absolute atomic E-state index is 13.3. The lowest BCUT2D eigenvalue weighted by molar-refractivity contribution is 0.156. The molecule has 9 nitrogen and oxygen atoms in total. The number of anilines is 1. The average Bonchev–Trinajstić information content (AvgIpc) is 3.51. The number of piperidine rings is 1. The molecule has 0 bridgehead atoms. The number of amides is 2. The van der Waals surface area contributed by atoms with Crippen molar-refractivity contribution in [1.29, 1.82) is 0 Å². The van der Waals surface area contributed by atoms with E-state index in [9.17, 15) is 9.18 Å². The number of likely N-dealkylation sites (tertiary alicyclic amines) is 1. The van der Waals surface area contributed by atoms with E-state index in [1.54, 1.807) is 31.1 Å². The average molecular weight is 513 g/mol. The minimum absolute atomic E-state index is 0.0443. The lowest BCUT2D eigenvalue weighted by atomic mass is 9.93. The van der Waals surface area contributed by atoms with Gasteiger partial charge in [0.25, 0.3) is 0 Å². The summed E-state index contributed by atoms with van der Waals surface area (Å²) in [6.45, 7) is 1.95. The highest BCUT2D eigenvalue weighted by Crippen LogP contribution is 2.37. The van der Waals surface area contributed by atoms with Crippen LogP contribution < -0.4 is 5.73 Å². The number of carbonyl (C=O) groups is 1. The fourth-order valence-corrected chi connectivity index (χ4v) is 5.35. The molecule has 0 spiro atoms. The summed E-state index contributed by atoms with van der Waals surface area (Å²) in [5.41, 5.74) is 12.0. The molecule has 0 unspecified atom stereocenters. The molecule has 4 heterocycles. The van der Waals surface area contributed by atoms with Gasteiger partial charge in [0.15, 0.2) is 5.82 Å². The summed E-state index contributed by atoms with van der Waals surface area (Å²) in [7, 11) is 3.56. The summed E-state index contributed by atoms with van der Waals surface area (Å²) >= 11 is 0. The molecule has 0 atom stereocenters. The predicted octanol–water partition coefficient (Wildman–Crippen LogP) is 4.38. The van der Waals surface area contributed by atoms with E-state index in [4.69, 9.17) is 10.8 Å². The van der Waals surface area contributed by atoms with E-state index in [-0.39, 0.29) is 17.8 Å². The summed E-state index contributed by atoms with van der Waals surface area (Å²) in [5.74, 6) is 0.415. The maximum atomic E-state index is 13.3. The Morgan fingerprint density at radius 3 is 2.61 bits per heavy atom. The smallest absolute Gasteiger partial charge is 0.319 e. The van der Waals surface area contributed by atoms with E-state index >= 15 is 0 Å². The van der Waals surface area contributed by atoms with E-state index in [0.717, 1.165) is 51.6 Å². The Bertz CT molecular complexity index is 1630. The van der Waals surface area contributed by atoms with Crippen LogP contribution in [0.4, 0.5) is 15.0 Å². The van der Waals surface area contributed by atoms with Crippen molar-refractivity contribution in [2.24, 2.45) is 0 Å². The van der Waals surface area contributed by atoms with Gasteiger partial charge in [-0.1, -0.05) is 24.3 Å². The number of rotatable bonds is 4. The molecule has 1 fully saturated rings. The van der Waals surface area contributed by atoms with Crippen LogP contribution >= 0.6 is 0 Å². The highest BCUT2D eigenvalue weighted by atomic mass is 19.1. The molecule has 0 saturated carbocycles. The van der Waals surface area contributed by atoms with Crippen LogP contribution in [-0.2, 0) is 6.54 Å². The first-order valence-electron chi connectivity index (χ1n) is 12.7. The van der Waals surface area contributed by atoms with Gasteiger partial charge in [-0.05, 0) is 48.2 Å². The Morgan fingerprint density at radius 1 is 1.11 bits per heavy atom. The number of nitrogen functional groups attached to an aromatic ring is 1. The van der Waals surface area contributed by atoms with Gasteiger partial charge in [0.2, 0.25) is 0 Å². The zero-order valence-corrected chi connectivity index (χ0v) is 21.4. The summed E-state index contributed by atoms with van der Waals surface area (Å²) in [4.78, 5) is 20.2. The Balaban J connectivity index is 1.33. The molecule has 0 radical (unpaired) electrons. The van der Waals surface area contributed by atoms with Gasteiger partial charge in [-0.15, -0.1) is 0 Å². The third-order valence-electron chi connectivity index (χ3n) is 7.30. The van der Waals surface area contributed by atoms with Gasteiger partial charge in [-0.2, -0.15) is 10.2 Å². The van der Waals surface area contributed by atoms with Crippen LogP contribution in [0.3, 0.4) is 0 Å². The molecule has 38 heavy (non-hydrogen) atoms. The molecule has 0 aliphatic carbocycles. The number of benzene rings is 2. The number of halogens is 1. The molecule has 5 aromatic rings. The summed E-state index contributed by atoms with van der Waals surface area (Å²) < 4.78 is 17.0. The van der Waals surface area contributed by atoms with Gasteiger partial charge < -0.3 is 15.5 Å². The number of fused-ring (bicyclic) bond motifs is 2. The molecule has 2 aromatic carbocycles. The van der Waals surface area contributed by atoms with E-state index < -0.39 is 0 Å². The van der Waals surface area contributed by atoms with Crippen LogP contribution in [0.25, 0.3) is 27.5 Å². The number of nitrogens with zero attached hydrogens (tertiary/aromatic N) is 7. The molecule has 1 aliphatic heterocycles. The number of hydrogen-bond donors (Lipinski definition) is 1. The second-order valence-electron chi connectivity index (χ2n) is 10.1. The van der Waals surface area contributed by atoms with Gasteiger partial charge in [-0.3, -0.25) is 4.68 Å². The summed E-state index contributed by atoms with van der Waals surface area (Å²) in [6, 6.07) is 14.8. The molecule has 1 aliphatic rings. The number of hydrogen-bond acceptors (Lipinski definition) is 5. The molecular formula is C28H29FN8O. The lowest BCUT2D eigenvalue weighted by Gasteiger charge is -2.33. The lowest BCUT2D eigenvalue weighted by Crippen LogP contribution is -2.43.